The summed E-state index contributed by atoms with van der Waals surface area (Å²) in [5.74, 6) is 1.92. The van der Waals surface area contributed by atoms with Crippen LogP contribution in [0.4, 0.5) is 0 Å². The van der Waals surface area contributed by atoms with Gasteiger partial charge in [-0.3, -0.25) is 4.79 Å². The number of ether oxygens (including phenoxy) is 2. The first-order valence-corrected chi connectivity index (χ1v) is 8.39. The number of amides is 1. The van der Waals surface area contributed by atoms with Crippen LogP contribution in [0, 0.1) is 5.92 Å². The van der Waals surface area contributed by atoms with Gasteiger partial charge in [-0.2, -0.15) is 0 Å². The van der Waals surface area contributed by atoms with Crippen molar-refractivity contribution in [1.82, 2.24) is 4.90 Å². The highest BCUT2D eigenvalue weighted by Gasteiger charge is 2.24. The lowest BCUT2D eigenvalue weighted by atomic mass is 9.95. The van der Waals surface area contributed by atoms with Crippen molar-refractivity contribution in [1.29, 1.82) is 0 Å². The molecule has 1 atom stereocenters. The molecule has 116 valence electrons. The molecule has 1 unspecified atom stereocenters. The van der Waals surface area contributed by atoms with Gasteiger partial charge in [0.2, 0.25) is 0 Å². The van der Waals surface area contributed by atoms with Crippen LogP contribution in [-0.2, 0) is 0 Å². The number of carbonyl (C=O) groups is 1. The Kier molecular flexibility index (Phi) is 5.91. The topological polar surface area (TPSA) is 38.8 Å². The average Bonchev–Trinajstić information content (AvgIpc) is 2.54. The van der Waals surface area contributed by atoms with Gasteiger partial charge in [-0.25, -0.2) is 0 Å². The number of carbonyl (C=O) groups excluding carboxylic acids is 1. The van der Waals surface area contributed by atoms with E-state index >= 15 is 0 Å². The summed E-state index contributed by atoms with van der Waals surface area (Å²) in [5, 5.41) is 0.996. The van der Waals surface area contributed by atoms with Crippen LogP contribution in [0.25, 0.3) is 0 Å². The first kappa shape index (κ1) is 16.1. The molecule has 5 heteroatoms. The van der Waals surface area contributed by atoms with E-state index in [4.69, 9.17) is 9.47 Å². The zero-order valence-corrected chi connectivity index (χ0v) is 14.2. The molecule has 1 aliphatic rings. The highest BCUT2D eigenvalue weighted by atomic mass is 79.9. The number of rotatable bonds is 5. The van der Waals surface area contributed by atoms with Crippen LogP contribution in [0.3, 0.4) is 0 Å². The highest BCUT2D eigenvalue weighted by Crippen LogP contribution is 2.29. The molecule has 0 bridgehead atoms. The van der Waals surface area contributed by atoms with Gasteiger partial charge in [0.25, 0.3) is 5.91 Å². The van der Waals surface area contributed by atoms with E-state index in [1.807, 2.05) is 4.90 Å². The Labute approximate surface area is 134 Å². The second-order valence-corrected chi connectivity index (χ2v) is 6.10. The average molecular weight is 356 g/mol. The quantitative estimate of drug-likeness (QED) is 0.760. The summed E-state index contributed by atoms with van der Waals surface area (Å²) in [4.78, 5) is 14.6. The van der Waals surface area contributed by atoms with Gasteiger partial charge in [0.1, 0.15) is 0 Å². The van der Waals surface area contributed by atoms with Crippen molar-refractivity contribution in [3.05, 3.63) is 23.8 Å². The van der Waals surface area contributed by atoms with Crippen LogP contribution in [0.1, 0.15) is 29.6 Å². The van der Waals surface area contributed by atoms with Crippen LogP contribution in [0.5, 0.6) is 11.5 Å². The molecule has 21 heavy (non-hydrogen) atoms. The first-order chi connectivity index (χ1) is 10.2. The molecule has 1 saturated heterocycles. The molecule has 2 rings (SSSR count). The van der Waals surface area contributed by atoms with Crippen molar-refractivity contribution in [2.45, 2.75) is 19.3 Å². The second kappa shape index (κ2) is 7.69. The fourth-order valence-electron chi connectivity index (χ4n) is 2.79. The van der Waals surface area contributed by atoms with Gasteiger partial charge in [0.15, 0.2) is 11.5 Å². The molecule has 0 aliphatic carbocycles. The van der Waals surface area contributed by atoms with Crippen LogP contribution in [0.2, 0.25) is 0 Å². The minimum Gasteiger partial charge on any atom is -0.493 e. The number of halogens is 1. The molecule has 4 nitrogen and oxygen atoms in total. The number of nitrogens with zero attached hydrogens (tertiary/aromatic N) is 1. The van der Waals surface area contributed by atoms with E-state index in [9.17, 15) is 4.79 Å². The molecule has 1 heterocycles. The normalized spacial score (nSPS) is 18.4. The van der Waals surface area contributed by atoms with E-state index in [-0.39, 0.29) is 5.91 Å². The molecule has 1 fully saturated rings. The lowest BCUT2D eigenvalue weighted by Crippen LogP contribution is -2.40. The van der Waals surface area contributed by atoms with Gasteiger partial charge in [-0.15, -0.1) is 0 Å². The predicted molar refractivity (Wildman–Crippen MR) is 86.6 cm³/mol. The molecule has 1 aromatic rings. The lowest BCUT2D eigenvalue weighted by molar-refractivity contribution is 0.0671. The SMILES string of the molecule is COc1ccc(C(=O)N2CCCC(CCBr)C2)cc1OC. The third-order valence-electron chi connectivity index (χ3n) is 3.95. The second-order valence-electron chi connectivity index (χ2n) is 5.31. The zero-order chi connectivity index (χ0) is 15.2. The first-order valence-electron chi connectivity index (χ1n) is 7.26. The Bertz CT molecular complexity index is 490. The number of piperidine rings is 1. The summed E-state index contributed by atoms with van der Waals surface area (Å²) < 4.78 is 10.5. The van der Waals surface area contributed by atoms with Gasteiger partial charge in [-0.1, -0.05) is 15.9 Å². The van der Waals surface area contributed by atoms with Gasteiger partial charge >= 0.3 is 0 Å². The number of hydrogen-bond donors (Lipinski definition) is 0. The fourth-order valence-corrected chi connectivity index (χ4v) is 3.44. The van der Waals surface area contributed by atoms with Crippen molar-refractivity contribution in [2.75, 3.05) is 32.6 Å². The molecule has 1 amide bonds. The molecule has 0 radical (unpaired) electrons. The van der Waals surface area contributed by atoms with Gasteiger partial charge < -0.3 is 14.4 Å². The molecule has 0 spiro atoms. The number of methoxy groups -OCH3 is 2. The maximum Gasteiger partial charge on any atom is 0.254 e. The van der Waals surface area contributed by atoms with Crippen LogP contribution in [-0.4, -0.2) is 43.4 Å². The Morgan fingerprint density at radius 3 is 2.76 bits per heavy atom. The number of benzene rings is 1. The Morgan fingerprint density at radius 2 is 2.10 bits per heavy atom. The van der Waals surface area contributed by atoms with Crippen molar-refractivity contribution in [3.63, 3.8) is 0 Å². The monoisotopic (exact) mass is 355 g/mol. The lowest BCUT2D eigenvalue weighted by Gasteiger charge is -2.32. The third-order valence-corrected chi connectivity index (χ3v) is 4.41. The van der Waals surface area contributed by atoms with E-state index in [0.29, 0.717) is 23.0 Å². The minimum atomic E-state index is 0.0789. The summed E-state index contributed by atoms with van der Waals surface area (Å²) >= 11 is 3.49. The van der Waals surface area contributed by atoms with E-state index in [0.717, 1.165) is 31.3 Å². The van der Waals surface area contributed by atoms with Crippen molar-refractivity contribution >= 4 is 21.8 Å². The van der Waals surface area contributed by atoms with Gasteiger partial charge in [0, 0.05) is 24.0 Å². The molecule has 0 saturated carbocycles. The maximum atomic E-state index is 12.6. The third kappa shape index (κ3) is 3.90. The Hall–Kier alpha value is -1.23. The van der Waals surface area contributed by atoms with E-state index < -0.39 is 0 Å². The molecule has 1 aliphatic heterocycles. The highest BCUT2D eigenvalue weighted by molar-refractivity contribution is 9.09. The molecular weight excluding hydrogens is 334 g/mol. The predicted octanol–water partition coefficient (Wildman–Crippen LogP) is 3.34. The summed E-state index contributed by atoms with van der Waals surface area (Å²) in [6.45, 7) is 1.69. The molecule has 1 aromatic carbocycles. The maximum absolute atomic E-state index is 12.6. The standard InChI is InChI=1S/C16H22BrNO3/c1-20-14-6-5-13(10-15(14)21-2)16(19)18-9-3-4-12(11-18)7-8-17/h5-6,10,12H,3-4,7-9,11H2,1-2H3. The van der Waals surface area contributed by atoms with Gasteiger partial charge in [0.05, 0.1) is 14.2 Å². The smallest absolute Gasteiger partial charge is 0.254 e. The largest absolute Gasteiger partial charge is 0.493 e. The summed E-state index contributed by atoms with van der Waals surface area (Å²) in [6, 6.07) is 5.35. The molecule has 0 N–H and O–H groups in total. The van der Waals surface area contributed by atoms with Crippen LogP contribution in [0.15, 0.2) is 18.2 Å². The van der Waals surface area contributed by atoms with E-state index in [1.54, 1.807) is 32.4 Å². The summed E-state index contributed by atoms with van der Waals surface area (Å²) in [6.07, 6.45) is 3.41. The molecular formula is C16H22BrNO3. The fraction of sp³-hybridized carbons (Fsp3) is 0.562. The number of hydrogen-bond acceptors (Lipinski definition) is 3. The Balaban J connectivity index is 2.12. The van der Waals surface area contributed by atoms with E-state index in [1.165, 1.54) is 6.42 Å². The van der Waals surface area contributed by atoms with Crippen LogP contribution >= 0.6 is 15.9 Å². The Morgan fingerprint density at radius 1 is 1.33 bits per heavy atom. The molecule has 0 aromatic heterocycles. The van der Waals surface area contributed by atoms with Crippen molar-refractivity contribution in [3.8, 4) is 11.5 Å². The van der Waals surface area contributed by atoms with Crippen molar-refractivity contribution in [2.24, 2.45) is 5.92 Å². The number of alkyl halides is 1. The summed E-state index contributed by atoms with van der Waals surface area (Å²) in [7, 11) is 3.17. The van der Waals surface area contributed by atoms with Crippen LogP contribution < -0.4 is 9.47 Å². The zero-order valence-electron chi connectivity index (χ0n) is 12.6. The summed E-state index contributed by atoms with van der Waals surface area (Å²) in [5.41, 5.74) is 0.659. The van der Waals surface area contributed by atoms with Gasteiger partial charge in [-0.05, 0) is 43.4 Å². The van der Waals surface area contributed by atoms with Crippen molar-refractivity contribution < 1.29 is 14.3 Å². The number of likely N-dealkylation sites (tertiary alicyclic amines) is 1. The van der Waals surface area contributed by atoms with E-state index in [2.05, 4.69) is 15.9 Å². The minimum absolute atomic E-state index is 0.0789.